The summed E-state index contributed by atoms with van der Waals surface area (Å²) in [6.07, 6.45) is 5.52. The Morgan fingerprint density at radius 2 is 2.29 bits per heavy atom. The summed E-state index contributed by atoms with van der Waals surface area (Å²) in [4.78, 5) is 15.7. The summed E-state index contributed by atoms with van der Waals surface area (Å²) < 4.78 is 2.97. The zero-order valence-corrected chi connectivity index (χ0v) is 12.9. The van der Waals surface area contributed by atoms with Crippen LogP contribution < -0.4 is 0 Å². The molecule has 3 aromatic heterocycles. The standard InChI is InChI=1S/C16H17N3OS/c1-11(2)3-5-19-9-13(10-20)16(18-19)12-7-15-14(17-8-12)4-6-21-15/h4,6-11H,3,5H2,1-2H3. The third-order valence-electron chi connectivity index (χ3n) is 3.43. The number of pyridine rings is 1. The minimum absolute atomic E-state index is 0.612. The van der Waals surface area contributed by atoms with Gasteiger partial charge in [0.1, 0.15) is 5.69 Å². The van der Waals surface area contributed by atoms with Crippen molar-refractivity contribution in [1.29, 1.82) is 0 Å². The van der Waals surface area contributed by atoms with Crippen molar-refractivity contribution in [3.05, 3.63) is 35.5 Å². The Hall–Kier alpha value is -2.01. The maximum absolute atomic E-state index is 11.3. The zero-order valence-electron chi connectivity index (χ0n) is 12.1. The molecule has 0 N–H and O–H groups in total. The first kappa shape index (κ1) is 13.9. The summed E-state index contributed by atoms with van der Waals surface area (Å²) in [7, 11) is 0. The lowest BCUT2D eigenvalue weighted by atomic mass is 10.1. The SMILES string of the molecule is CC(C)CCn1cc(C=O)c(-c2cnc3ccsc3c2)n1. The molecule has 0 fully saturated rings. The highest BCUT2D eigenvalue weighted by atomic mass is 32.1. The van der Waals surface area contributed by atoms with E-state index in [9.17, 15) is 4.79 Å². The molecule has 0 bridgehead atoms. The van der Waals surface area contributed by atoms with Gasteiger partial charge in [0.2, 0.25) is 0 Å². The number of rotatable bonds is 5. The van der Waals surface area contributed by atoms with Gasteiger partial charge in [0.05, 0.1) is 15.8 Å². The Bertz CT molecular complexity index is 773. The molecule has 0 aliphatic carbocycles. The maximum atomic E-state index is 11.3. The lowest BCUT2D eigenvalue weighted by Crippen LogP contribution is -2.02. The molecule has 0 radical (unpaired) electrons. The third-order valence-corrected chi connectivity index (χ3v) is 4.28. The van der Waals surface area contributed by atoms with Crippen molar-refractivity contribution in [2.45, 2.75) is 26.8 Å². The number of nitrogens with zero attached hydrogens (tertiary/aromatic N) is 3. The number of carbonyl (C=O) groups excluding carboxylic acids is 1. The van der Waals surface area contributed by atoms with Gasteiger partial charge in [0, 0.05) is 24.5 Å². The van der Waals surface area contributed by atoms with Gasteiger partial charge in [-0.05, 0) is 29.9 Å². The summed E-state index contributed by atoms with van der Waals surface area (Å²) >= 11 is 1.65. The number of aryl methyl sites for hydroxylation is 1. The van der Waals surface area contributed by atoms with Crippen molar-refractivity contribution in [2.24, 2.45) is 5.92 Å². The second-order valence-electron chi connectivity index (χ2n) is 5.52. The zero-order chi connectivity index (χ0) is 14.8. The van der Waals surface area contributed by atoms with Crippen molar-refractivity contribution < 1.29 is 4.79 Å². The van der Waals surface area contributed by atoms with E-state index < -0.39 is 0 Å². The second kappa shape index (κ2) is 5.77. The molecule has 108 valence electrons. The predicted octanol–water partition coefficient (Wildman–Crippen LogP) is 4.02. The summed E-state index contributed by atoms with van der Waals surface area (Å²) in [5, 5.41) is 6.58. The van der Waals surface area contributed by atoms with Gasteiger partial charge in [-0.2, -0.15) is 5.10 Å². The fourth-order valence-corrected chi connectivity index (χ4v) is 3.01. The van der Waals surface area contributed by atoms with Gasteiger partial charge in [0.25, 0.3) is 0 Å². The van der Waals surface area contributed by atoms with E-state index in [-0.39, 0.29) is 0 Å². The first-order chi connectivity index (χ1) is 10.2. The molecule has 0 atom stereocenters. The molecule has 0 saturated carbocycles. The second-order valence-corrected chi connectivity index (χ2v) is 6.47. The van der Waals surface area contributed by atoms with Crippen LogP contribution >= 0.6 is 11.3 Å². The Balaban J connectivity index is 1.97. The molecule has 0 spiro atoms. The van der Waals surface area contributed by atoms with Crippen LogP contribution in [0.3, 0.4) is 0 Å². The lowest BCUT2D eigenvalue weighted by molar-refractivity contribution is 0.112. The van der Waals surface area contributed by atoms with E-state index in [4.69, 9.17) is 0 Å². The predicted molar refractivity (Wildman–Crippen MR) is 85.7 cm³/mol. The van der Waals surface area contributed by atoms with Crippen LogP contribution in [-0.4, -0.2) is 21.1 Å². The highest BCUT2D eigenvalue weighted by Crippen LogP contribution is 2.26. The summed E-state index contributed by atoms with van der Waals surface area (Å²) in [5.41, 5.74) is 3.22. The molecule has 0 amide bonds. The van der Waals surface area contributed by atoms with E-state index in [0.29, 0.717) is 11.5 Å². The van der Waals surface area contributed by atoms with Crippen molar-refractivity contribution in [1.82, 2.24) is 14.8 Å². The lowest BCUT2D eigenvalue weighted by Gasteiger charge is -2.04. The van der Waals surface area contributed by atoms with Gasteiger partial charge in [0.15, 0.2) is 6.29 Å². The number of hydrogen-bond donors (Lipinski definition) is 0. The smallest absolute Gasteiger partial charge is 0.153 e. The Morgan fingerprint density at radius 1 is 1.43 bits per heavy atom. The van der Waals surface area contributed by atoms with Crippen molar-refractivity contribution in [3.63, 3.8) is 0 Å². The van der Waals surface area contributed by atoms with E-state index in [2.05, 4.69) is 30.0 Å². The van der Waals surface area contributed by atoms with Crippen molar-refractivity contribution in [2.75, 3.05) is 0 Å². The highest BCUT2D eigenvalue weighted by Gasteiger charge is 2.12. The van der Waals surface area contributed by atoms with E-state index in [1.165, 1.54) is 0 Å². The van der Waals surface area contributed by atoms with E-state index in [1.54, 1.807) is 17.5 Å². The average Bonchev–Trinajstić information content (AvgIpc) is 3.10. The topological polar surface area (TPSA) is 47.8 Å². The molecular formula is C16H17N3OS. The third kappa shape index (κ3) is 2.88. The van der Waals surface area contributed by atoms with Crippen LogP contribution in [0.1, 0.15) is 30.6 Å². The number of aromatic nitrogens is 3. The summed E-state index contributed by atoms with van der Waals surface area (Å²) in [6.45, 7) is 5.19. The normalized spacial score (nSPS) is 11.4. The molecule has 0 aromatic carbocycles. The van der Waals surface area contributed by atoms with Gasteiger partial charge in [-0.15, -0.1) is 11.3 Å². The molecule has 4 nitrogen and oxygen atoms in total. The highest BCUT2D eigenvalue weighted by molar-refractivity contribution is 7.17. The van der Waals surface area contributed by atoms with Crippen LogP contribution in [0.2, 0.25) is 0 Å². The van der Waals surface area contributed by atoms with Gasteiger partial charge in [-0.3, -0.25) is 14.5 Å². The molecule has 21 heavy (non-hydrogen) atoms. The van der Waals surface area contributed by atoms with Crippen LogP contribution in [0.25, 0.3) is 21.5 Å². The van der Waals surface area contributed by atoms with Crippen LogP contribution in [0.4, 0.5) is 0 Å². The van der Waals surface area contributed by atoms with Crippen LogP contribution in [-0.2, 0) is 6.54 Å². The summed E-state index contributed by atoms with van der Waals surface area (Å²) in [5.74, 6) is 0.612. The minimum atomic E-state index is 0.612. The van der Waals surface area contributed by atoms with Crippen molar-refractivity contribution >= 4 is 27.8 Å². The van der Waals surface area contributed by atoms with Crippen LogP contribution in [0, 0.1) is 5.92 Å². The molecule has 3 heterocycles. The first-order valence-corrected chi connectivity index (χ1v) is 7.91. The molecule has 0 unspecified atom stereocenters. The number of carbonyl (C=O) groups is 1. The molecule has 5 heteroatoms. The largest absolute Gasteiger partial charge is 0.298 e. The minimum Gasteiger partial charge on any atom is -0.298 e. The molecule has 0 saturated heterocycles. The Labute approximate surface area is 127 Å². The molecule has 0 aliphatic heterocycles. The molecule has 0 aliphatic rings. The van der Waals surface area contributed by atoms with E-state index >= 15 is 0 Å². The Kier molecular flexibility index (Phi) is 3.84. The monoisotopic (exact) mass is 299 g/mol. The van der Waals surface area contributed by atoms with E-state index in [1.807, 2.05) is 22.3 Å². The number of thiophene rings is 1. The van der Waals surface area contributed by atoms with Crippen molar-refractivity contribution in [3.8, 4) is 11.3 Å². The summed E-state index contributed by atoms with van der Waals surface area (Å²) in [6, 6.07) is 4.04. The number of aldehydes is 1. The van der Waals surface area contributed by atoms with Gasteiger partial charge >= 0.3 is 0 Å². The maximum Gasteiger partial charge on any atom is 0.153 e. The fourth-order valence-electron chi connectivity index (χ4n) is 2.23. The van der Waals surface area contributed by atoms with Crippen LogP contribution in [0.5, 0.6) is 0 Å². The first-order valence-electron chi connectivity index (χ1n) is 7.03. The average molecular weight is 299 g/mol. The number of hydrogen-bond acceptors (Lipinski definition) is 4. The Morgan fingerprint density at radius 3 is 3.05 bits per heavy atom. The van der Waals surface area contributed by atoms with Crippen LogP contribution in [0.15, 0.2) is 29.9 Å². The molecule has 3 aromatic rings. The fraction of sp³-hybridized carbons (Fsp3) is 0.312. The molecule has 3 rings (SSSR count). The van der Waals surface area contributed by atoms with E-state index in [0.717, 1.165) is 40.7 Å². The number of fused-ring (bicyclic) bond motifs is 1. The van der Waals surface area contributed by atoms with Gasteiger partial charge < -0.3 is 0 Å². The quantitative estimate of drug-likeness (QED) is 0.669. The van der Waals surface area contributed by atoms with Gasteiger partial charge in [-0.25, -0.2) is 0 Å². The van der Waals surface area contributed by atoms with Gasteiger partial charge in [-0.1, -0.05) is 13.8 Å². The molecular weight excluding hydrogens is 282 g/mol.